The van der Waals surface area contributed by atoms with Gasteiger partial charge in [0.1, 0.15) is 0 Å². The van der Waals surface area contributed by atoms with Crippen molar-refractivity contribution in [3.05, 3.63) is 16.6 Å². The number of hydrogen-bond donors (Lipinski definition) is 2. The molecule has 1 saturated carbocycles. The molecule has 0 spiro atoms. The number of carbonyl (C=O) groups excluding carboxylic acids is 1. The van der Waals surface area contributed by atoms with Crippen LogP contribution >= 0.6 is 11.3 Å². The number of aromatic nitrogens is 1. The quantitative estimate of drug-likeness (QED) is 0.771. The largest absolute Gasteiger partial charge is 0.349 e. The van der Waals surface area contributed by atoms with Crippen molar-refractivity contribution in [3.8, 4) is 0 Å². The molecule has 1 aliphatic carbocycles. The third-order valence-corrected chi connectivity index (χ3v) is 3.25. The monoisotopic (exact) mass is 211 g/mol. The Balaban J connectivity index is 1.84. The number of carbonyl (C=O) groups is 1. The maximum atomic E-state index is 11.6. The first-order valence-electron chi connectivity index (χ1n) is 4.65. The van der Waals surface area contributed by atoms with Gasteiger partial charge in [0.15, 0.2) is 0 Å². The van der Waals surface area contributed by atoms with Crippen molar-refractivity contribution in [2.24, 2.45) is 5.73 Å². The molecule has 1 fully saturated rings. The van der Waals surface area contributed by atoms with Crippen LogP contribution in [-0.2, 0) is 11.3 Å². The molecule has 3 N–H and O–H groups in total. The molecule has 14 heavy (non-hydrogen) atoms. The van der Waals surface area contributed by atoms with Crippen molar-refractivity contribution in [2.45, 2.75) is 31.3 Å². The van der Waals surface area contributed by atoms with Crippen LogP contribution in [0.3, 0.4) is 0 Å². The normalized spacial score (nSPS) is 18.6. The van der Waals surface area contributed by atoms with Gasteiger partial charge in [-0.3, -0.25) is 4.79 Å². The zero-order valence-corrected chi connectivity index (χ0v) is 8.64. The van der Waals surface area contributed by atoms with Crippen molar-refractivity contribution in [1.29, 1.82) is 0 Å². The Labute approximate surface area is 86.5 Å². The molecule has 0 atom stereocenters. The van der Waals surface area contributed by atoms with Gasteiger partial charge in [-0.05, 0) is 19.3 Å². The van der Waals surface area contributed by atoms with Gasteiger partial charge >= 0.3 is 0 Å². The fourth-order valence-electron chi connectivity index (χ4n) is 1.46. The van der Waals surface area contributed by atoms with E-state index in [1.807, 2.05) is 5.38 Å². The van der Waals surface area contributed by atoms with Crippen LogP contribution in [0.4, 0.5) is 0 Å². The van der Waals surface area contributed by atoms with E-state index in [0.29, 0.717) is 6.54 Å². The standard InChI is InChI=1S/C9H13N3OS/c10-9(2-1-3-9)8(13)11-4-7-5-14-6-12-7/h5-6H,1-4,10H2,(H,11,13). The third-order valence-electron chi connectivity index (χ3n) is 2.61. The van der Waals surface area contributed by atoms with Crippen LogP contribution in [0, 0.1) is 0 Å². The number of rotatable bonds is 3. The molecule has 1 aromatic heterocycles. The maximum Gasteiger partial charge on any atom is 0.240 e. The van der Waals surface area contributed by atoms with Gasteiger partial charge in [0.25, 0.3) is 0 Å². The Morgan fingerprint density at radius 2 is 2.50 bits per heavy atom. The van der Waals surface area contributed by atoms with Gasteiger partial charge in [0, 0.05) is 5.38 Å². The van der Waals surface area contributed by atoms with Crippen molar-refractivity contribution in [3.63, 3.8) is 0 Å². The lowest BCUT2D eigenvalue weighted by molar-refractivity contribution is -0.129. The minimum Gasteiger partial charge on any atom is -0.349 e. The molecule has 5 heteroatoms. The average molecular weight is 211 g/mol. The molecule has 0 saturated heterocycles. The molecule has 76 valence electrons. The molecular formula is C9H13N3OS. The highest BCUT2D eigenvalue weighted by atomic mass is 32.1. The van der Waals surface area contributed by atoms with E-state index < -0.39 is 5.54 Å². The molecule has 1 aromatic rings. The van der Waals surface area contributed by atoms with E-state index in [2.05, 4.69) is 10.3 Å². The highest BCUT2D eigenvalue weighted by molar-refractivity contribution is 7.07. The molecular weight excluding hydrogens is 198 g/mol. The second-order valence-corrected chi connectivity index (χ2v) is 4.39. The topological polar surface area (TPSA) is 68.0 Å². The molecule has 1 amide bonds. The zero-order chi connectivity index (χ0) is 10.0. The van der Waals surface area contributed by atoms with E-state index in [-0.39, 0.29) is 5.91 Å². The van der Waals surface area contributed by atoms with Gasteiger partial charge in [-0.15, -0.1) is 11.3 Å². The Morgan fingerprint density at radius 1 is 1.71 bits per heavy atom. The van der Waals surface area contributed by atoms with Gasteiger partial charge in [0.05, 0.1) is 23.3 Å². The Hall–Kier alpha value is -0.940. The number of nitrogens with zero attached hydrogens (tertiary/aromatic N) is 1. The zero-order valence-electron chi connectivity index (χ0n) is 7.82. The summed E-state index contributed by atoms with van der Waals surface area (Å²) in [5.41, 5.74) is 7.90. The van der Waals surface area contributed by atoms with Crippen LogP contribution < -0.4 is 11.1 Å². The summed E-state index contributed by atoms with van der Waals surface area (Å²) in [6, 6.07) is 0. The fraction of sp³-hybridized carbons (Fsp3) is 0.556. The van der Waals surface area contributed by atoms with Crippen LogP contribution in [0.25, 0.3) is 0 Å². The number of amides is 1. The molecule has 0 aliphatic heterocycles. The summed E-state index contributed by atoms with van der Waals surface area (Å²) < 4.78 is 0. The summed E-state index contributed by atoms with van der Waals surface area (Å²) in [6.45, 7) is 0.487. The van der Waals surface area contributed by atoms with E-state index in [0.717, 1.165) is 25.0 Å². The van der Waals surface area contributed by atoms with Crippen molar-refractivity contribution < 1.29 is 4.79 Å². The number of nitrogens with two attached hydrogens (primary N) is 1. The Morgan fingerprint density at radius 3 is 3.00 bits per heavy atom. The van der Waals surface area contributed by atoms with Crippen molar-refractivity contribution in [1.82, 2.24) is 10.3 Å². The molecule has 4 nitrogen and oxygen atoms in total. The summed E-state index contributed by atoms with van der Waals surface area (Å²) >= 11 is 1.52. The van der Waals surface area contributed by atoms with Crippen molar-refractivity contribution >= 4 is 17.2 Å². The lowest BCUT2D eigenvalue weighted by Gasteiger charge is -2.36. The van der Waals surface area contributed by atoms with Gasteiger partial charge in [-0.1, -0.05) is 0 Å². The molecule has 0 radical (unpaired) electrons. The Kier molecular flexibility index (Phi) is 2.52. The van der Waals surface area contributed by atoms with Gasteiger partial charge in [0.2, 0.25) is 5.91 Å². The summed E-state index contributed by atoms with van der Waals surface area (Å²) in [5, 5.41) is 4.73. The molecule has 1 aliphatic rings. The number of nitrogens with one attached hydrogen (secondary N) is 1. The average Bonchev–Trinajstić information content (AvgIpc) is 2.62. The summed E-state index contributed by atoms with van der Waals surface area (Å²) in [5.74, 6) is -0.0447. The highest BCUT2D eigenvalue weighted by Crippen LogP contribution is 2.29. The minimum atomic E-state index is -0.601. The first-order chi connectivity index (χ1) is 6.71. The van der Waals surface area contributed by atoms with Crippen LogP contribution in [0.15, 0.2) is 10.9 Å². The van der Waals surface area contributed by atoms with Crippen molar-refractivity contribution in [2.75, 3.05) is 0 Å². The van der Waals surface area contributed by atoms with E-state index in [1.165, 1.54) is 11.3 Å². The SMILES string of the molecule is NC1(C(=O)NCc2cscn2)CCC1. The second-order valence-electron chi connectivity index (χ2n) is 3.67. The van der Waals surface area contributed by atoms with E-state index >= 15 is 0 Å². The fourth-order valence-corrected chi connectivity index (χ4v) is 2.01. The highest BCUT2D eigenvalue weighted by Gasteiger charge is 2.39. The predicted octanol–water partition coefficient (Wildman–Crippen LogP) is 0.641. The van der Waals surface area contributed by atoms with Gasteiger partial charge in [-0.25, -0.2) is 4.98 Å². The molecule has 0 aromatic carbocycles. The van der Waals surface area contributed by atoms with Crippen LogP contribution in [-0.4, -0.2) is 16.4 Å². The van der Waals surface area contributed by atoms with Crippen LogP contribution in [0.5, 0.6) is 0 Å². The summed E-state index contributed by atoms with van der Waals surface area (Å²) in [7, 11) is 0. The first-order valence-corrected chi connectivity index (χ1v) is 5.59. The van der Waals surface area contributed by atoms with E-state index in [9.17, 15) is 4.79 Å². The second kappa shape index (κ2) is 3.67. The number of hydrogen-bond acceptors (Lipinski definition) is 4. The van der Waals surface area contributed by atoms with Crippen LogP contribution in [0.2, 0.25) is 0 Å². The molecule has 2 rings (SSSR count). The lowest BCUT2D eigenvalue weighted by atomic mass is 9.77. The Bertz CT molecular complexity index is 319. The van der Waals surface area contributed by atoms with Crippen LogP contribution in [0.1, 0.15) is 25.0 Å². The molecule has 1 heterocycles. The lowest BCUT2D eigenvalue weighted by Crippen LogP contribution is -2.58. The first kappa shape index (κ1) is 9.61. The third kappa shape index (κ3) is 1.78. The minimum absolute atomic E-state index is 0.0447. The van der Waals surface area contributed by atoms with Gasteiger partial charge < -0.3 is 11.1 Å². The molecule has 0 unspecified atom stereocenters. The maximum absolute atomic E-state index is 11.6. The smallest absolute Gasteiger partial charge is 0.240 e. The van der Waals surface area contributed by atoms with E-state index in [1.54, 1.807) is 5.51 Å². The molecule has 0 bridgehead atoms. The summed E-state index contributed by atoms with van der Waals surface area (Å²) in [6.07, 6.45) is 2.66. The predicted molar refractivity (Wildman–Crippen MR) is 54.7 cm³/mol. The van der Waals surface area contributed by atoms with Gasteiger partial charge in [-0.2, -0.15) is 0 Å². The number of thiazole rings is 1. The van der Waals surface area contributed by atoms with E-state index in [4.69, 9.17) is 5.73 Å². The summed E-state index contributed by atoms with van der Waals surface area (Å²) in [4.78, 5) is 15.7.